The molecule has 0 unspecified atom stereocenters. The van der Waals surface area contributed by atoms with Gasteiger partial charge in [0.05, 0.1) is 0 Å². The molecule has 0 bridgehead atoms. The minimum absolute atomic E-state index is 0.0276. The summed E-state index contributed by atoms with van der Waals surface area (Å²) >= 11 is 5.47. The molecule has 0 fully saturated rings. The fourth-order valence-electron chi connectivity index (χ4n) is 1.25. The van der Waals surface area contributed by atoms with Gasteiger partial charge in [0.15, 0.2) is 0 Å². The number of nitrogens with zero attached hydrogens (tertiary/aromatic N) is 2. The highest BCUT2D eigenvalue weighted by atomic mass is 35.5. The van der Waals surface area contributed by atoms with Crippen molar-refractivity contribution in [2.24, 2.45) is 0 Å². The molecule has 2 rings (SSSR count). The third-order valence-electron chi connectivity index (χ3n) is 1.90. The molecule has 0 amide bonds. The highest BCUT2D eigenvalue weighted by Gasteiger charge is 2.31. The van der Waals surface area contributed by atoms with E-state index in [1.165, 1.54) is 18.2 Å². The van der Waals surface area contributed by atoms with Crippen LogP contribution in [0.5, 0.6) is 5.75 Å². The summed E-state index contributed by atoms with van der Waals surface area (Å²) in [5.41, 5.74) is 0.312. The van der Waals surface area contributed by atoms with Crippen molar-refractivity contribution in [3.63, 3.8) is 0 Å². The number of hydrogen-bond donors (Lipinski definition) is 1. The predicted octanol–water partition coefficient (Wildman–Crippen LogP) is 3.45. The summed E-state index contributed by atoms with van der Waals surface area (Å²) < 4.78 is 45.0. The van der Waals surface area contributed by atoms with Crippen molar-refractivity contribution < 1.29 is 22.3 Å². The first-order chi connectivity index (χ1) is 8.96. The zero-order valence-electron chi connectivity index (χ0n) is 9.24. The monoisotopic (exact) mass is 293 g/mol. The van der Waals surface area contributed by atoms with Gasteiger partial charge in [0, 0.05) is 11.8 Å². The molecule has 1 aromatic heterocycles. The van der Waals surface area contributed by atoms with Crippen LogP contribution in [-0.4, -0.2) is 16.6 Å². The molecular weight excluding hydrogens is 287 g/mol. The van der Waals surface area contributed by atoms with Crippen LogP contribution in [0, 0.1) is 0 Å². The van der Waals surface area contributed by atoms with Crippen LogP contribution in [0.15, 0.2) is 28.7 Å². The van der Waals surface area contributed by atoms with Crippen molar-refractivity contribution in [2.45, 2.75) is 12.2 Å². The van der Waals surface area contributed by atoms with E-state index in [9.17, 15) is 13.2 Å². The van der Waals surface area contributed by atoms with Crippen molar-refractivity contribution in [1.82, 2.24) is 10.2 Å². The van der Waals surface area contributed by atoms with Gasteiger partial charge in [-0.25, -0.2) is 0 Å². The Labute approximate surface area is 110 Å². The zero-order chi connectivity index (χ0) is 13.9. The fourth-order valence-corrected chi connectivity index (χ4v) is 1.36. The number of aromatic nitrogens is 2. The van der Waals surface area contributed by atoms with E-state index in [1.807, 2.05) is 0 Å². The van der Waals surface area contributed by atoms with E-state index in [1.54, 1.807) is 0 Å². The molecule has 0 atom stereocenters. The first-order valence-electron chi connectivity index (χ1n) is 4.97. The maximum absolute atomic E-state index is 12.1. The van der Waals surface area contributed by atoms with Crippen molar-refractivity contribution in [3.05, 3.63) is 30.2 Å². The van der Waals surface area contributed by atoms with Gasteiger partial charge in [-0.05, 0) is 12.1 Å². The largest absolute Gasteiger partial charge is 0.573 e. The van der Waals surface area contributed by atoms with E-state index < -0.39 is 6.36 Å². The Morgan fingerprint density at radius 3 is 2.74 bits per heavy atom. The Morgan fingerprint density at radius 2 is 2.11 bits per heavy atom. The van der Waals surface area contributed by atoms with E-state index >= 15 is 0 Å². The molecule has 102 valence electrons. The molecule has 0 spiro atoms. The van der Waals surface area contributed by atoms with Crippen LogP contribution >= 0.6 is 11.6 Å². The molecule has 1 aromatic carbocycles. The van der Waals surface area contributed by atoms with E-state index in [4.69, 9.17) is 16.0 Å². The van der Waals surface area contributed by atoms with E-state index in [0.29, 0.717) is 5.69 Å². The molecule has 2 aromatic rings. The number of anilines is 2. The van der Waals surface area contributed by atoms with E-state index in [2.05, 4.69) is 20.3 Å². The lowest BCUT2D eigenvalue weighted by Gasteiger charge is -2.09. The summed E-state index contributed by atoms with van der Waals surface area (Å²) in [6, 6.07) is 5.27. The smallest absolute Gasteiger partial charge is 0.407 e. The number of nitrogens with one attached hydrogen (secondary N) is 1. The second kappa shape index (κ2) is 5.35. The summed E-state index contributed by atoms with van der Waals surface area (Å²) in [7, 11) is 0. The molecule has 0 aliphatic rings. The molecule has 0 radical (unpaired) electrons. The zero-order valence-corrected chi connectivity index (χ0v) is 10.00. The summed E-state index contributed by atoms with van der Waals surface area (Å²) in [4.78, 5) is 0. The van der Waals surface area contributed by atoms with Crippen LogP contribution < -0.4 is 10.1 Å². The standard InChI is InChI=1S/C10H7ClF3N3O2/c11-5-8-16-17-9(18-8)15-6-2-1-3-7(4-6)19-10(12,13)14/h1-4H,5H2,(H,15,17). The number of halogens is 4. The summed E-state index contributed by atoms with van der Waals surface area (Å²) in [5.74, 6) is -0.104. The highest BCUT2D eigenvalue weighted by molar-refractivity contribution is 6.16. The van der Waals surface area contributed by atoms with Gasteiger partial charge in [0.2, 0.25) is 5.89 Å². The molecule has 0 saturated carbocycles. The topological polar surface area (TPSA) is 60.2 Å². The average molecular weight is 294 g/mol. The molecule has 9 heteroatoms. The van der Waals surface area contributed by atoms with Crippen LogP contribution in [0.1, 0.15) is 5.89 Å². The Bertz CT molecular complexity index is 559. The van der Waals surface area contributed by atoms with Gasteiger partial charge < -0.3 is 14.5 Å². The van der Waals surface area contributed by atoms with Crippen molar-refractivity contribution in [3.8, 4) is 5.75 Å². The Hall–Kier alpha value is -1.96. The lowest BCUT2D eigenvalue weighted by atomic mass is 10.3. The maximum Gasteiger partial charge on any atom is 0.573 e. The Kier molecular flexibility index (Phi) is 3.79. The van der Waals surface area contributed by atoms with Gasteiger partial charge in [0.1, 0.15) is 11.6 Å². The molecular formula is C10H7ClF3N3O2. The minimum Gasteiger partial charge on any atom is -0.407 e. The Balaban J connectivity index is 2.10. The summed E-state index contributed by atoms with van der Waals surface area (Å²) in [5, 5.41) is 9.84. The Morgan fingerprint density at radius 1 is 1.32 bits per heavy atom. The first kappa shape index (κ1) is 13.5. The second-order valence-electron chi connectivity index (χ2n) is 3.34. The molecule has 1 N–H and O–H groups in total. The quantitative estimate of drug-likeness (QED) is 0.875. The van der Waals surface area contributed by atoms with Crippen LogP contribution in [-0.2, 0) is 5.88 Å². The summed E-state index contributed by atoms with van der Waals surface area (Å²) in [6.45, 7) is 0. The molecule has 0 aliphatic carbocycles. The van der Waals surface area contributed by atoms with E-state index in [-0.39, 0.29) is 23.5 Å². The number of alkyl halides is 4. The summed E-state index contributed by atoms with van der Waals surface area (Å²) in [6.07, 6.45) is -4.74. The number of benzene rings is 1. The highest BCUT2D eigenvalue weighted by Crippen LogP contribution is 2.26. The third kappa shape index (κ3) is 4.02. The molecule has 0 saturated heterocycles. The van der Waals surface area contributed by atoms with Crippen LogP contribution in [0.2, 0.25) is 0 Å². The van der Waals surface area contributed by atoms with Gasteiger partial charge in [0.25, 0.3) is 0 Å². The van der Waals surface area contributed by atoms with Gasteiger partial charge >= 0.3 is 12.4 Å². The van der Waals surface area contributed by atoms with Crippen LogP contribution in [0.3, 0.4) is 0 Å². The molecule has 0 aliphatic heterocycles. The predicted molar refractivity (Wildman–Crippen MR) is 60.3 cm³/mol. The maximum atomic E-state index is 12.1. The van der Waals surface area contributed by atoms with Crippen molar-refractivity contribution in [1.29, 1.82) is 0 Å². The first-order valence-corrected chi connectivity index (χ1v) is 5.51. The van der Waals surface area contributed by atoms with Crippen LogP contribution in [0.4, 0.5) is 24.9 Å². The van der Waals surface area contributed by atoms with E-state index in [0.717, 1.165) is 6.07 Å². The number of hydrogen-bond acceptors (Lipinski definition) is 5. The SMILES string of the molecule is FC(F)(F)Oc1cccc(Nc2nnc(CCl)o2)c1. The van der Waals surface area contributed by atoms with Gasteiger partial charge in [-0.3, -0.25) is 0 Å². The minimum atomic E-state index is -4.74. The van der Waals surface area contributed by atoms with Gasteiger partial charge in [-0.1, -0.05) is 11.2 Å². The average Bonchev–Trinajstić information content (AvgIpc) is 2.75. The second-order valence-corrected chi connectivity index (χ2v) is 3.60. The lowest BCUT2D eigenvalue weighted by Crippen LogP contribution is -2.17. The molecule has 5 nitrogen and oxygen atoms in total. The van der Waals surface area contributed by atoms with Gasteiger partial charge in [-0.15, -0.1) is 29.9 Å². The van der Waals surface area contributed by atoms with Crippen molar-refractivity contribution >= 4 is 23.3 Å². The number of ether oxygens (including phenoxy) is 1. The number of rotatable bonds is 4. The molecule has 1 heterocycles. The third-order valence-corrected chi connectivity index (χ3v) is 2.13. The van der Waals surface area contributed by atoms with Crippen molar-refractivity contribution in [2.75, 3.05) is 5.32 Å². The fraction of sp³-hybridized carbons (Fsp3) is 0.200. The normalized spacial score (nSPS) is 11.4. The lowest BCUT2D eigenvalue weighted by molar-refractivity contribution is -0.274. The molecule has 19 heavy (non-hydrogen) atoms. The van der Waals surface area contributed by atoms with Gasteiger partial charge in [-0.2, -0.15) is 0 Å². The van der Waals surface area contributed by atoms with Crippen LogP contribution in [0.25, 0.3) is 0 Å².